The zero-order valence-electron chi connectivity index (χ0n) is 6.73. The minimum absolute atomic E-state index is 0.834. The molecule has 5 heteroatoms. The van der Waals surface area contributed by atoms with Gasteiger partial charge in [-0.25, -0.2) is 14.6 Å². The molecule has 0 aliphatic heterocycles. The predicted octanol–water partition coefficient (Wildman–Crippen LogP) is 0.626. The Balaban J connectivity index is 2.66. The molecule has 0 saturated heterocycles. The molecule has 0 saturated carbocycles. The number of fused-ring (bicyclic) bond motifs is 3. The van der Waals surface area contributed by atoms with Gasteiger partial charge in [0.1, 0.15) is 17.4 Å². The number of nitrogen functional groups attached to an aromatic ring is 1. The zero-order chi connectivity index (χ0) is 8.84. The van der Waals surface area contributed by atoms with E-state index in [1.54, 1.807) is 12.7 Å². The summed E-state index contributed by atoms with van der Waals surface area (Å²) in [5.74, 6) is 5.65. The summed E-state index contributed by atoms with van der Waals surface area (Å²) in [4.78, 5) is 11.4. The van der Waals surface area contributed by atoms with Crippen LogP contribution in [-0.4, -0.2) is 19.6 Å². The summed E-state index contributed by atoms with van der Waals surface area (Å²) in [7, 11) is 0. The molecule has 3 aromatic rings. The molecule has 0 atom stereocenters. The van der Waals surface area contributed by atoms with Gasteiger partial charge in [-0.3, -0.25) is 0 Å². The van der Waals surface area contributed by atoms with Crippen molar-refractivity contribution >= 4 is 22.1 Å². The van der Waals surface area contributed by atoms with Gasteiger partial charge in [-0.05, 0) is 12.1 Å². The fourth-order valence-corrected chi connectivity index (χ4v) is 1.50. The van der Waals surface area contributed by atoms with E-state index in [9.17, 15) is 0 Å². The van der Waals surface area contributed by atoms with Crippen molar-refractivity contribution in [2.45, 2.75) is 0 Å². The lowest BCUT2D eigenvalue weighted by Crippen LogP contribution is -2.04. The van der Waals surface area contributed by atoms with Crippen molar-refractivity contribution in [2.75, 3.05) is 5.84 Å². The van der Waals surface area contributed by atoms with Crippen LogP contribution in [0.15, 0.2) is 24.8 Å². The van der Waals surface area contributed by atoms with E-state index < -0.39 is 0 Å². The first-order chi connectivity index (χ1) is 6.36. The fraction of sp³-hybridized carbons (Fsp3) is 0. The third-order valence-electron chi connectivity index (χ3n) is 2.13. The van der Waals surface area contributed by atoms with E-state index in [1.165, 1.54) is 4.68 Å². The first kappa shape index (κ1) is 6.47. The van der Waals surface area contributed by atoms with Crippen molar-refractivity contribution in [2.24, 2.45) is 0 Å². The van der Waals surface area contributed by atoms with Crippen LogP contribution in [0.5, 0.6) is 0 Å². The Morgan fingerprint density at radius 1 is 1.23 bits per heavy atom. The highest BCUT2D eigenvalue weighted by atomic mass is 15.3. The maximum atomic E-state index is 5.65. The van der Waals surface area contributed by atoms with Crippen LogP contribution >= 0.6 is 0 Å². The van der Waals surface area contributed by atoms with Crippen molar-refractivity contribution in [1.82, 2.24) is 19.6 Å². The molecule has 0 bridgehead atoms. The van der Waals surface area contributed by atoms with Crippen molar-refractivity contribution in [3.8, 4) is 0 Å². The van der Waals surface area contributed by atoms with Crippen molar-refractivity contribution in [3.05, 3.63) is 24.8 Å². The number of aromatic nitrogens is 4. The van der Waals surface area contributed by atoms with E-state index in [2.05, 4.69) is 15.0 Å². The third kappa shape index (κ3) is 0.703. The van der Waals surface area contributed by atoms with E-state index >= 15 is 0 Å². The Bertz CT molecular complexity index is 576. The Morgan fingerprint density at radius 3 is 3.08 bits per heavy atom. The smallest absolute Gasteiger partial charge is 0.118 e. The molecule has 0 amide bonds. The summed E-state index contributed by atoms with van der Waals surface area (Å²) >= 11 is 0. The first-order valence-electron chi connectivity index (χ1n) is 3.90. The number of H-pyrrole nitrogens is 1. The second-order valence-electron chi connectivity index (χ2n) is 2.88. The van der Waals surface area contributed by atoms with Crippen LogP contribution in [0.25, 0.3) is 22.1 Å². The molecular weight excluding hydrogens is 166 g/mol. The van der Waals surface area contributed by atoms with Crippen LogP contribution < -0.4 is 5.84 Å². The Kier molecular flexibility index (Phi) is 0.999. The van der Waals surface area contributed by atoms with Gasteiger partial charge in [0, 0.05) is 0 Å². The van der Waals surface area contributed by atoms with E-state index in [0.29, 0.717) is 0 Å². The Morgan fingerprint density at radius 2 is 2.15 bits per heavy atom. The van der Waals surface area contributed by atoms with Gasteiger partial charge < -0.3 is 10.8 Å². The van der Waals surface area contributed by atoms with Crippen LogP contribution in [0, 0.1) is 0 Å². The summed E-state index contributed by atoms with van der Waals surface area (Å²) in [5.41, 5.74) is 3.56. The van der Waals surface area contributed by atoms with Crippen molar-refractivity contribution < 1.29 is 0 Å². The second-order valence-corrected chi connectivity index (χ2v) is 2.88. The maximum absolute atomic E-state index is 5.65. The Hall–Kier alpha value is -2.04. The lowest BCUT2D eigenvalue weighted by molar-refractivity contribution is 1.04. The largest absolute Gasteiger partial charge is 0.345 e. The standard InChI is InChI=1S/C8H7N5/c9-13-4-12-8-6(13)2-1-5-7(8)11-3-10-5/h1-4H,9H2,(H,10,11). The number of hydrogen-bond acceptors (Lipinski definition) is 3. The molecule has 64 valence electrons. The summed E-state index contributed by atoms with van der Waals surface area (Å²) < 4.78 is 1.49. The SMILES string of the molecule is Nn1cnc2c3nc[nH]c3ccc21. The lowest BCUT2D eigenvalue weighted by Gasteiger charge is -1.93. The van der Waals surface area contributed by atoms with Crippen LogP contribution in [0.3, 0.4) is 0 Å². The van der Waals surface area contributed by atoms with Gasteiger partial charge in [-0.15, -0.1) is 0 Å². The molecule has 2 heterocycles. The maximum Gasteiger partial charge on any atom is 0.118 e. The Labute approximate surface area is 73.2 Å². The molecule has 5 nitrogen and oxygen atoms in total. The van der Waals surface area contributed by atoms with Gasteiger partial charge in [-0.1, -0.05) is 0 Å². The highest BCUT2D eigenvalue weighted by Gasteiger charge is 2.06. The average Bonchev–Trinajstić information content (AvgIpc) is 2.70. The highest BCUT2D eigenvalue weighted by Crippen LogP contribution is 2.19. The minimum atomic E-state index is 0.834. The molecule has 3 N–H and O–H groups in total. The minimum Gasteiger partial charge on any atom is -0.345 e. The normalized spacial score (nSPS) is 11.4. The number of nitrogens with two attached hydrogens (primary N) is 1. The van der Waals surface area contributed by atoms with E-state index in [0.717, 1.165) is 22.1 Å². The van der Waals surface area contributed by atoms with Crippen LogP contribution in [0.1, 0.15) is 0 Å². The quantitative estimate of drug-likeness (QED) is 0.489. The second kappa shape index (κ2) is 2.01. The molecule has 0 spiro atoms. The predicted molar refractivity (Wildman–Crippen MR) is 49.5 cm³/mol. The highest BCUT2D eigenvalue weighted by molar-refractivity contribution is 6.00. The van der Waals surface area contributed by atoms with Gasteiger partial charge in [0.25, 0.3) is 0 Å². The van der Waals surface area contributed by atoms with E-state index in [-0.39, 0.29) is 0 Å². The zero-order valence-corrected chi connectivity index (χ0v) is 6.73. The van der Waals surface area contributed by atoms with Gasteiger partial charge in [0.05, 0.1) is 17.4 Å². The number of aromatic amines is 1. The molecule has 2 aromatic heterocycles. The van der Waals surface area contributed by atoms with Gasteiger partial charge in [0.2, 0.25) is 0 Å². The topological polar surface area (TPSA) is 72.5 Å². The van der Waals surface area contributed by atoms with Crippen molar-refractivity contribution in [3.63, 3.8) is 0 Å². The lowest BCUT2D eigenvalue weighted by atomic mass is 10.3. The summed E-state index contributed by atoms with van der Waals surface area (Å²) in [6.07, 6.45) is 3.23. The molecule has 0 unspecified atom stereocenters. The molecule has 13 heavy (non-hydrogen) atoms. The van der Waals surface area contributed by atoms with Gasteiger partial charge in [0.15, 0.2) is 0 Å². The molecule has 0 aliphatic rings. The average molecular weight is 173 g/mol. The molecule has 0 fully saturated rings. The molecule has 0 aliphatic carbocycles. The van der Waals surface area contributed by atoms with Crippen LogP contribution in [-0.2, 0) is 0 Å². The molecule has 1 aromatic carbocycles. The summed E-state index contributed by atoms with van der Waals surface area (Å²) in [5, 5.41) is 0. The monoisotopic (exact) mass is 173 g/mol. The number of rotatable bonds is 0. The van der Waals surface area contributed by atoms with Crippen LogP contribution in [0.2, 0.25) is 0 Å². The first-order valence-corrected chi connectivity index (χ1v) is 3.90. The molecular formula is C8H7N5. The van der Waals surface area contributed by atoms with Gasteiger partial charge >= 0.3 is 0 Å². The summed E-state index contributed by atoms with van der Waals surface area (Å²) in [6.45, 7) is 0. The number of nitrogens with zero attached hydrogens (tertiary/aromatic N) is 3. The number of benzene rings is 1. The molecule has 3 rings (SSSR count). The molecule has 0 radical (unpaired) electrons. The number of imidazole rings is 2. The fourth-order valence-electron chi connectivity index (χ4n) is 1.50. The van der Waals surface area contributed by atoms with Crippen LogP contribution in [0.4, 0.5) is 0 Å². The van der Waals surface area contributed by atoms with Crippen molar-refractivity contribution in [1.29, 1.82) is 0 Å². The van der Waals surface area contributed by atoms with E-state index in [4.69, 9.17) is 5.84 Å². The summed E-state index contributed by atoms with van der Waals surface area (Å²) in [6, 6.07) is 3.86. The van der Waals surface area contributed by atoms with E-state index in [1.807, 2.05) is 12.1 Å². The number of nitrogens with one attached hydrogen (secondary N) is 1. The van der Waals surface area contributed by atoms with Gasteiger partial charge in [-0.2, -0.15) is 0 Å². The number of hydrogen-bond donors (Lipinski definition) is 2. The third-order valence-corrected chi connectivity index (χ3v) is 2.13.